The highest BCUT2D eigenvalue weighted by Gasteiger charge is 2.25. The Hall–Kier alpha value is -3.68. The van der Waals surface area contributed by atoms with E-state index >= 15 is 0 Å². The number of oxazole rings is 1. The van der Waals surface area contributed by atoms with Gasteiger partial charge in [0.15, 0.2) is 5.58 Å². The summed E-state index contributed by atoms with van der Waals surface area (Å²) in [5.41, 5.74) is 0.958. The fourth-order valence-corrected chi connectivity index (χ4v) is 5.64. The van der Waals surface area contributed by atoms with Crippen LogP contribution in [0.5, 0.6) is 0 Å². The summed E-state index contributed by atoms with van der Waals surface area (Å²) in [4.78, 5) is 19.5. The maximum Gasteiger partial charge on any atom is 0.350 e. The molecule has 0 saturated heterocycles. The number of nitriles is 1. The molecule has 0 bridgehead atoms. The third kappa shape index (κ3) is 4.17. The van der Waals surface area contributed by atoms with Crippen LogP contribution in [0.2, 0.25) is 0 Å². The number of hydrogen-bond donors (Lipinski definition) is 0. The lowest BCUT2D eigenvalue weighted by atomic mass is 10.0. The van der Waals surface area contributed by atoms with Crippen molar-refractivity contribution in [3.05, 3.63) is 52.4 Å². The lowest BCUT2D eigenvalue weighted by molar-refractivity contribution is 0.445. The monoisotopic (exact) mass is 494 g/mol. The molecule has 2 aromatic carbocycles. The van der Waals surface area contributed by atoms with Crippen LogP contribution in [0, 0.1) is 11.3 Å². The SMILES string of the molecule is CCN(CC)c1ccc2c(C#N)c(-c3nc4ccc(S(=O)(=O)N(CC)CC)cc4o3)c(=O)oc2c1. The topological polar surface area (TPSA) is 121 Å². The van der Waals surface area contributed by atoms with Crippen molar-refractivity contribution >= 4 is 37.8 Å². The van der Waals surface area contributed by atoms with Crippen LogP contribution < -0.4 is 10.5 Å². The number of benzene rings is 2. The number of fused-ring (bicyclic) bond motifs is 2. The summed E-state index contributed by atoms with van der Waals surface area (Å²) in [7, 11) is -3.70. The number of nitrogens with zero attached hydrogens (tertiary/aromatic N) is 4. The van der Waals surface area contributed by atoms with Gasteiger partial charge in [-0.15, -0.1) is 0 Å². The van der Waals surface area contributed by atoms with Crippen LogP contribution in [-0.4, -0.2) is 43.9 Å². The molecule has 0 unspecified atom stereocenters. The van der Waals surface area contributed by atoms with E-state index in [-0.39, 0.29) is 27.5 Å². The summed E-state index contributed by atoms with van der Waals surface area (Å²) in [6.45, 7) is 9.81. The molecule has 0 aliphatic rings. The van der Waals surface area contributed by atoms with Crippen molar-refractivity contribution in [1.82, 2.24) is 9.29 Å². The predicted octanol–water partition coefficient (Wildman–Crippen LogP) is 4.35. The largest absolute Gasteiger partial charge is 0.436 e. The van der Waals surface area contributed by atoms with Gasteiger partial charge in [-0.05, 0) is 38.1 Å². The second-order valence-electron chi connectivity index (χ2n) is 7.84. The molecule has 0 fully saturated rings. The fraction of sp³-hybridized carbons (Fsp3) is 0.320. The predicted molar refractivity (Wildman–Crippen MR) is 134 cm³/mol. The van der Waals surface area contributed by atoms with Crippen LogP contribution in [0.25, 0.3) is 33.5 Å². The van der Waals surface area contributed by atoms with Crippen molar-refractivity contribution < 1.29 is 17.3 Å². The molecule has 0 amide bonds. The summed E-state index contributed by atoms with van der Waals surface area (Å²) in [5.74, 6) is -0.0996. The van der Waals surface area contributed by atoms with Crippen LogP contribution in [-0.2, 0) is 10.0 Å². The molecule has 0 spiro atoms. The van der Waals surface area contributed by atoms with Crippen molar-refractivity contribution in [1.29, 1.82) is 5.26 Å². The van der Waals surface area contributed by atoms with Gasteiger partial charge in [0, 0.05) is 49.4 Å². The van der Waals surface area contributed by atoms with Gasteiger partial charge in [0.2, 0.25) is 15.9 Å². The molecule has 0 N–H and O–H groups in total. The molecule has 4 rings (SSSR count). The van der Waals surface area contributed by atoms with Crippen molar-refractivity contribution in [3.8, 4) is 17.5 Å². The first kappa shape index (κ1) is 24.4. The van der Waals surface area contributed by atoms with Gasteiger partial charge < -0.3 is 13.7 Å². The maximum atomic E-state index is 13.0. The molecule has 10 heteroatoms. The molecule has 2 heterocycles. The third-order valence-corrected chi connectivity index (χ3v) is 8.09. The first-order chi connectivity index (χ1) is 16.8. The van der Waals surface area contributed by atoms with E-state index < -0.39 is 15.6 Å². The van der Waals surface area contributed by atoms with Crippen LogP contribution in [0.4, 0.5) is 5.69 Å². The molecule has 0 radical (unpaired) electrons. The molecule has 35 heavy (non-hydrogen) atoms. The summed E-state index contributed by atoms with van der Waals surface area (Å²) in [5, 5.41) is 10.4. The number of aromatic nitrogens is 1. The minimum atomic E-state index is -3.70. The molecular weight excluding hydrogens is 468 g/mol. The second-order valence-corrected chi connectivity index (χ2v) is 9.78. The van der Waals surface area contributed by atoms with Gasteiger partial charge in [-0.1, -0.05) is 13.8 Å². The molecule has 0 atom stereocenters. The highest BCUT2D eigenvalue weighted by atomic mass is 32.2. The minimum Gasteiger partial charge on any atom is -0.436 e. The Morgan fingerprint density at radius 3 is 2.29 bits per heavy atom. The second kappa shape index (κ2) is 9.52. The quantitative estimate of drug-likeness (QED) is 0.332. The molecule has 0 aliphatic heterocycles. The van der Waals surface area contributed by atoms with E-state index in [1.165, 1.54) is 22.5 Å². The standard InChI is InChI=1S/C25H26N4O5S/c1-5-28(6-2)16-9-11-18-19(15-26)23(25(30)34-21(18)13-16)24-27-20-12-10-17(14-22(20)33-24)35(31,32)29(7-3)8-4/h9-14H,5-8H2,1-4H3. The fourth-order valence-electron chi connectivity index (χ4n) is 4.17. The molecular formula is C25H26N4O5S. The molecule has 2 aromatic heterocycles. The Labute approximate surface area is 203 Å². The summed E-state index contributed by atoms with van der Waals surface area (Å²) >= 11 is 0. The zero-order valence-electron chi connectivity index (χ0n) is 20.0. The Balaban J connectivity index is 1.87. The average molecular weight is 495 g/mol. The summed E-state index contributed by atoms with van der Waals surface area (Å²) < 4.78 is 38.5. The normalized spacial score (nSPS) is 11.9. The van der Waals surface area contributed by atoms with E-state index in [9.17, 15) is 18.5 Å². The van der Waals surface area contributed by atoms with Crippen molar-refractivity contribution in [2.75, 3.05) is 31.1 Å². The van der Waals surface area contributed by atoms with Gasteiger partial charge in [0.1, 0.15) is 22.7 Å². The summed E-state index contributed by atoms with van der Waals surface area (Å²) in [6.07, 6.45) is 0. The first-order valence-electron chi connectivity index (χ1n) is 11.5. The van der Waals surface area contributed by atoms with Crippen LogP contribution in [0.3, 0.4) is 0 Å². The smallest absolute Gasteiger partial charge is 0.350 e. The lowest BCUT2D eigenvalue weighted by Gasteiger charge is -2.21. The minimum absolute atomic E-state index is 0.0615. The molecule has 0 saturated carbocycles. The Bertz CT molecular complexity index is 1610. The van der Waals surface area contributed by atoms with Gasteiger partial charge >= 0.3 is 5.63 Å². The van der Waals surface area contributed by atoms with Crippen molar-refractivity contribution in [2.45, 2.75) is 32.6 Å². The highest BCUT2D eigenvalue weighted by molar-refractivity contribution is 7.89. The Morgan fingerprint density at radius 1 is 0.943 bits per heavy atom. The van der Waals surface area contributed by atoms with E-state index in [0.29, 0.717) is 29.6 Å². The van der Waals surface area contributed by atoms with E-state index in [1.54, 1.807) is 26.0 Å². The Morgan fingerprint density at radius 2 is 1.66 bits per heavy atom. The maximum absolute atomic E-state index is 13.0. The third-order valence-electron chi connectivity index (χ3n) is 6.05. The number of sulfonamides is 1. The van der Waals surface area contributed by atoms with E-state index in [2.05, 4.69) is 16.0 Å². The molecule has 0 aliphatic carbocycles. The van der Waals surface area contributed by atoms with Gasteiger partial charge in [-0.2, -0.15) is 9.57 Å². The number of anilines is 1. The van der Waals surface area contributed by atoms with E-state index in [4.69, 9.17) is 8.83 Å². The van der Waals surface area contributed by atoms with Crippen molar-refractivity contribution in [2.24, 2.45) is 0 Å². The molecule has 4 aromatic rings. The summed E-state index contributed by atoms with van der Waals surface area (Å²) in [6, 6.07) is 11.8. The highest BCUT2D eigenvalue weighted by Crippen LogP contribution is 2.32. The zero-order chi connectivity index (χ0) is 25.3. The van der Waals surface area contributed by atoms with Crippen LogP contribution in [0.1, 0.15) is 33.3 Å². The van der Waals surface area contributed by atoms with E-state index in [0.717, 1.165) is 18.8 Å². The number of rotatable bonds is 8. The van der Waals surface area contributed by atoms with Crippen LogP contribution in [0.15, 0.2) is 54.9 Å². The Kier molecular flexibility index (Phi) is 6.65. The van der Waals surface area contributed by atoms with Crippen molar-refractivity contribution in [3.63, 3.8) is 0 Å². The first-order valence-corrected chi connectivity index (χ1v) is 12.9. The van der Waals surface area contributed by atoms with Gasteiger partial charge in [-0.25, -0.2) is 18.2 Å². The average Bonchev–Trinajstić information content (AvgIpc) is 3.27. The zero-order valence-corrected chi connectivity index (χ0v) is 20.8. The van der Waals surface area contributed by atoms with Crippen LogP contribution >= 0.6 is 0 Å². The van der Waals surface area contributed by atoms with Gasteiger partial charge in [0.25, 0.3) is 0 Å². The van der Waals surface area contributed by atoms with E-state index in [1.807, 2.05) is 19.9 Å². The molecule has 182 valence electrons. The number of hydrogen-bond acceptors (Lipinski definition) is 8. The lowest BCUT2D eigenvalue weighted by Crippen LogP contribution is -2.30. The molecule has 9 nitrogen and oxygen atoms in total. The van der Waals surface area contributed by atoms with Gasteiger partial charge in [-0.3, -0.25) is 0 Å². The van der Waals surface area contributed by atoms with Gasteiger partial charge in [0.05, 0.1) is 10.5 Å².